The van der Waals surface area contributed by atoms with Gasteiger partial charge in [-0.3, -0.25) is 9.59 Å². The number of hydrogen-bond donors (Lipinski definition) is 0. The second-order valence-corrected chi connectivity index (χ2v) is 3.06. The Balaban J connectivity index is 2.66. The molecule has 0 aromatic heterocycles. The number of rotatable bonds is 5. The van der Waals surface area contributed by atoms with Gasteiger partial charge in [0.2, 0.25) is 6.29 Å². The Kier molecular flexibility index (Phi) is 4.05. The second kappa shape index (κ2) is 5.32. The number of hydrogen-bond acceptors (Lipinski definition) is 2. The molecule has 0 bridgehead atoms. The van der Waals surface area contributed by atoms with Crippen LogP contribution in [0.4, 0.5) is 0 Å². The molecule has 0 fully saturated rings. The molecule has 0 atom stereocenters. The van der Waals surface area contributed by atoms with Gasteiger partial charge in [-0.2, -0.15) is 0 Å². The van der Waals surface area contributed by atoms with E-state index >= 15 is 0 Å². The fourth-order valence-electron chi connectivity index (χ4n) is 1.15. The number of unbranched alkanes of at least 4 members (excludes halogenated alkanes) is 1. The molecule has 14 heavy (non-hydrogen) atoms. The van der Waals surface area contributed by atoms with Crippen molar-refractivity contribution in [1.29, 1.82) is 0 Å². The van der Waals surface area contributed by atoms with Crippen LogP contribution in [0.15, 0.2) is 24.3 Å². The maximum Gasteiger partial charge on any atom is 0.233 e. The molecule has 0 amide bonds. The van der Waals surface area contributed by atoms with Gasteiger partial charge in [-0.15, -0.1) is 0 Å². The summed E-state index contributed by atoms with van der Waals surface area (Å²) >= 11 is 0. The quantitative estimate of drug-likeness (QED) is 0.664. The lowest BCUT2D eigenvalue weighted by Crippen LogP contribution is -1.98. The standard InChI is InChI=1S/C12H12O2/c1-2-3-4-12(14)11-7-5-10(9-13)6-8-11/h5-8H,1-4H2. The van der Waals surface area contributed by atoms with Gasteiger partial charge in [-0.1, -0.05) is 37.6 Å². The van der Waals surface area contributed by atoms with Crippen LogP contribution >= 0.6 is 0 Å². The first-order chi connectivity index (χ1) is 6.77. The van der Waals surface area contributed by atoms with E-state index in [1.165, 1.54) is 0 Å². The molecule has 1 aromatic rings. The van der Waals surface area contributed by atoms with E-state index in [9.17, 15) is 9.59 Å². The summed E-state index contributed by atoms with van der Waals surface area (Å²) in [4.78, 5) is 21.7. The first-order valence-corrected chi connectivity index (χ1v) is 4.58. The minimum Gasteiger partial charge on any atom is -0.294 e. The molecule has 0 N–H and O–H groups in total. The molecule has 2 heteroatoms. The predicted molar refractivity (Wildman–Crippen MR) is 54.8 cm³/mol. The molecule has 1 aromatic carbocycles. The van der Waals surface area contributed by atoms with Crippen molar-refractivity contribution in [2.75, 3.05) is 0 Å². The third-order valence-electron chi connectivity index (χ3n) is 1.98. The smallest absolute Gasteiger partial charge is 0.233 e. The number of ketones is 1. The van der Waals surface area contributed by atoms with Gasteiger partial charge in [0.05, 0.1) is 0 Å². The lowest BCUT2D eigenvalue weighted by molar-refractivity contribution is 0.0980. The molecule has 1 rings (SSSR count). The van der Waals surface area contributed by atoms with E-state index in [4.69, 9.17) is 0 Å². The molecule has 0 saturated heterocycles. The summed E-state index contributed by atoms with van der Waals surface area (Å²) in [6.45, 7) is 3.68. The molecule has 0 heterocycles. The number of carbonyl (C=O) groups is 1. The van der Waals surface area contributed by atoms with Crippen LogP contribution in [-0.4, -0.2) is 12.1 Å². The van der Waals surface area contributed by atoms with Gasteiger partial charge < -0.3 is 0 Å². The van der Waals surface area contributed by atoms with Crippen molar-refractivity contribution in [2.24, 2.45) is 0 Å². The molecule has 0 spiro atoms. The van der Waals surface area contributed by atoms with E-state index < -0.39 is 0 Å². The molecule has 72 valence electrons. The van der Waals surface area contributed by atoms with E-state index in [1.807, 2.05) is 0 Å². The van der Waals surface area contributed by atoms with E-state index in [2.05, 4.69) is 6.92 Å². The summed E-state index contributed by atoms with van der Waals surface area (Å²) in [7, 11) is 0. The number of carbonyl (C=O) groups excluding carboxylic acids is 2. The fraction of sp³-hybridized carbons (Fsp3) is 0.250. The van der Waals surface area contributed by atoms with Crippen molar-refractivity contribution in [3.63, 3.8) is 0 Å². The van der Waals surface area contributed by atoms with Crippen LogP contribution in [0.3, 0.4) is 0 Å². The largest absolute Gasteiger partial charge is 0.294 e. The van der Waals surface area contributed by atoms with E-state index in [0.717, 1.165) is 12.8 Å². The highest BCUT2D eigenvalue weighted by atomic mass is 16.1. The van der Waals surface area contributed by atoms with Crippen LogP contribution in [0.2, 0.25) is 0 Å². The summed E-state index contributed by atoms with van der Waals surface area (Å²) in [5.41, 5.74) is 1.12. The minimum atomic E-state index is 0.103. The zero-order valence-electron chi connectivity index (χ0n) is 7.95. The Morgan fingerprint density at radius 2 is 1.93 bits per heavy atom. The monoisotopic (exact) mass is 188 g/mol. The van der Waals surface area contributed by atoms with Crippen molar-refractivity contribution in [3.05, 3.63) is 42.3 Å². The third kappa shape index (κ3) is 2.80. The van der Waals surface area contributed by atoms with Crippen LogP contribution in [0, 0.1) is 6.92 Å². The van der Waals surface area contributed by atoms with Crippen LogP contribution in [-0.2, 0) is 4.79 Å². The molecule has 2 radical (unpaired) electrons. The van der Waals surface area contributed by atoms with Gasteiger partial charge >= 0.3 is 0 Å². The maximum absolute atomic E-state index is 11.5. The predicted octanol–water partition coefficient (Wildman–Crippen LogP) is 2.33. The average molecular weight is 188 g/mol. The molecular weight excluding hydrogens is 176 g/mol. The Labute approximate surface area is 83.9 Å². The summed E-state index contributed by atoms with van der Waals surface area (Å²) in [6.07, 6.45) is 3.86. The van der Waals surface area contributed by atoms with Crippen molar-refractivity contribution >= 4 is 12.1 Å². The average Bonchev–Trinajstić information content (AvgIpc) is 2.26. The molecule has 0 unspecified atom stereocenters. The van der Waals surface area contributed by atoms with Crippen LogP contribution in [0.1, 0.15) is 35.2 Å². The van der Waals surface area contributed by atoms with E-state index in [1.54, 1.807) is 30.6 Å². The Bertz CT molecular complexity index is 312. The van der Waals surface area contributed by atoms with Crippen molar-refractivity contribution in [1.82, 2.24) is 0 Å². The molecule has 2 nitrogen and oxygen atoms in total. The molecule has 0 aliphatic rings. The maximum atomic E-state index is 11.5. The first kappa shape index (κ1) is 10.6. The van der Waals surface area contributed by atoms with Gasteiger partial charge in [-0.05, 0) is 6.42 Å². The normalized spacial score (nSPS) is 9.79. The van der Waals surface area contributed by atoms with Crippen LogP contribution < -0.4 is 0 Å². The summed E-state index contributed by atoms with van der Waals surface area (Å²) in [6, 6.07) is 6.52. The topological polar surface area (TPSA) is 34.1 Å². The first-order valence-electron chi connectivity index (χ1n) is 4.58. The highest BCUT2D eigenvalue weighted by Gasteiger charge is 2.04. The van der Waals surface area contributed by atoms with E-state index in [0.29, 0.717) is 17.5 Å². The summed E-state index contributed by atoms with van der Waals surface area (Å²) < 4.78 is 0. The molecule has 0 aliphatic carbocycles. The third-order valence-corrected chi connectivity index (χ3v) is 1.98. The Hall–Kier alpha value is -1.44. The highest BCUT2D eigenvalue weighted by Crippen LogP contribution is 2.07. The summed E-state index contributed by atoms with van der Waals surface area (Å²) in [5, 5.41) is 0. The van der Waals surface area contributed by atoms with E-state index in [-0.39, 0.29) is 5.78 Å². The van der Waals surface area contributed by atoms with Crippen LogP contribution in [0.5, 0.6) is 0 Å². The fourth-order valence-corrected chi connectivity index (χ4v) is 1.15. The van der Waals surface area contributed by atoms with Gasteiger partial charge in [0.1, 0.15) is 0 Å². The minimum absolute atomic E-state index is 0.103. The Morgan fingerprint density at radius 3 is 2.43 bits per heavy atom. The lowest BCUT2D eigenvalue weighted by atomic mass is 10.0. The van der Waals surface area contributed by atoms with Crippen molar-refractivity contribution in [2.45, 2.75) is 19.3 Å². The molecule has 0 aliphatic heterocycles. The van der Waals surface area contributed by atoms with Gasteiger partial charge in [0.15, 0.2) is 5.78 Å². The van der Waals surface area contributed by atoms with Crippen LogP contribution in [0.25, 0.3) is 0 Å². The number of Topliss-reactive ketones (excluding diaryl/α,β-unsaturated/α-hetero) is 1. The second-order valence-electron chi connectivity index (χ2n) is 3.06. The Morgan fingerprint density at radius 1 is 1.29 bits per heavy atom. The number of benzene rings is 1. The molecular formula is C12H12O2. The van der Waals surface area contributed by atoms with Crippen molar-refractivity contribution in [3.8, 4) is 0 Å². The molecule has 0 saturated carbocycles. The zero-order valence-corrected chi connectivity index (χ0v) is 7.95. The van der Waals surface area contributed by atoms with Gasteiger partial charge in [-0.25, -0.2) is 0 Å². The lowest BCUT2D eigenvalue weighted by Gasteiger charge is -1.99. The van der Waals surface area contributed by atoms with Gasteiger partial charge in [0, 0.05) is 17.5 Å². The zero-order chi connectivity index (χ0) is 10.4. The van der Waals surface area contributed by atoms with Crippen molar-refractivity contribution < 1.29 is 9.59 Å². The summed E-state index contributed by atoms with van der Waals surface area (Å²) in [5.74, 6) is 0.103. The van der Waals surface area contributed by atoms with Gasteiger partial charge in [0.25, 0.3) is 0 Å². The SMILES string of the molecule is [CH2]CCCC(=O)c1ccc([C]=O)cc1. The highest BCUT2D eigenvalue weighted by molar-refractivity contribution is 5.96.